The molecule has 1 fully saturated rings. The van der Waals surface area contributed by atoms with Gasteiger partial charge in [-0.2, -0.15) is 0 Å². The molecular formula is C24H26FNO2. The third kappa shape index (κ3) is 3.21. The molecule has 4 rings (SSSR count). The predicted octanol–water partition coefficient (Wildman–Crippen LogP) is 5.46. The number of Topliss-reactive ketones (excluding diaryl/α,β-unsaturated/α-hetero) is 1. The molecular weight excluding hydrogens is 353 g/mol. The number of carbonyl (C=O) groups excluding carboxylic acids is 1. The summed E-state index contributed by atoms with van der Waals surface area (Å²) >= 11 is 0. The first-order chi connectivity index (χ1) is 13.2. The van der Waals surface area contributed by atoms with Crippen LogP contribution in [0.4, 0.5) is 4.39 Å². The molecule has 1 heterocycles. The molecule has 0 atom stereocenters. The summed E-state index contributed by atoms with van der Waals surface area (Å²) in [5, 5.41) is 0.948. The zero-order valence-corrected chi connectivity index (χ0v) is 16.9. The number of hydrogen-bond donors (Lipinski definition) is 1. The van der Waals surface area contributed by atoms with Crippen LogP contribution in [0.3, 0.4) is 0 Å². The maximum Gasteiger partial charge on any atom is 0.147 e. The molecule has 0 saturated heterocycles. The molecule has 0 bridgehead atoms. The first-order valence-corrected chi connectivity index (χ1v) is 9.72. The number of hydrogen-bond acceptors (Lipinski definition) is 2. The van der Waals surface area contributed by atoms with Crippen molar-refractivity contribution in [2.75, 3.05) is 7.11 Å². The summed E-state index contributed by atoms with van der Waals surface area (Å²) in [6.45, 7) is 6.35. The fourth-order valence-electron chi connectivity index (χ4n) is 3.85. The number of ketones is 1. The largest absolute Gasteiger partial charge is 0.497 e. The van der Waals surface area contributed by atoms with Crippen LogP contribution in [0.2, 0.25) is 0 Å². The number of carbonyl (C=O) groups is 1. The molecule has 2 aromatic carbocycles. The van der Waals surface area contributed by atoms with Crippen LogP contribution in [-0.2, 0) is 22.0 Å². The van der Waals surface area contributed by atoms with E-state index in [0.29, 0.717) is 5.56 Å². The summed E-state index contributed by atoms with van der Waals surface area (Å²) in [7, 11) is 1.62. The van der Waals surface area contributed by atoms with Crippen molar-refractivity contribution < 1.29 is 13.9 Å². The molecule has 1 aromatic heterocycles. The lowest BCUT2D eigenvalue weighted by Gasteiger charge is -2.15. The van der Waals surface area contributed by atoms with Crippen molar-refractivity contribution in [3.05, 3.63) is 65.1 Å². The zero-order valence-electron chi connectivity index (χ0n) is 16.9. The summed E-state index contributed by atoms with van der Waals surface area (Å²) in [6.07, 6.45) is 1.75. The fraction of sp³-hybridized carbons (Fsp3) is 0.375. The van der Waals surface area contributed by atoms with Crippen molar-refractivity contribution in [3.8, 4) is 5.75 Å². The Morgan fingerprint density at radius 3 is 2.39 bits per heavy atom. The maximum absolute atomic E-state index is 14.7. The van der Waals surface area contributed by atoms with E-state index in [9.17, 15) is 9.18 Å². The Morgan fingerprint density at radius 2 is 1.82 bits per heavy atom. The summed E-state index contributed by atoms with van der Waals surface area (Å²) in [5.74, 6) is 0.529. The average Bonchev–Trinajstić information content (AvgIpc) is 3.36. The molecule has 1 N–H and O–H groups in total. The van der Waals surface area contributed by atoms with Gasteiger partial charge in [-0.25, -0.2) is 4.39 Å². The quantitative estimate of drug-likeness (QED) is 0.640. The lowest BCUT2D eigenvalue weighted by molar-refractivity contribution is -0.120. The monoisotopic (exact) mass is 379 g/mol. The van der Waals surface area contributed by atoms with Gasteiger partial charge in [-0.15, -0.1) is 0 Å². The number of nitrogens with one attached hydrogen (secondary N) is 1. The first-order valence-electron chi connectivity index (χ1n) is 9.72. The Morgan fingerprint density at radius 1 is 1.14 bits per heavy atom. The van der Waals surface area contributed by atoms with Crippen LogP contribution in [0.25, 0.3) is 10.9 Å². The van der Waals surface area contributed by atoms with Crippen LogP contribution in [0, 0.1) is 5.82 Å². The SMILES string of the molecule is COc1ccc(C2(C(=O)Cc3cc4cc(C(C)(C)C)[nH]c4cc3F)CC2)cc1. The van der Waals surface area contributed by atoms with Gasteiger partial charge in [-0.3, -0.25) is 4.79 Å². The molecule has 28 heavy (non-hydrogen) atoms. The lowest BCUT2D eigenvalue weighted by Crippen LogP contribution is -2.23. The van der Waals surface area contributed by atoms with Gasteiger partial charge in [0, 0.05) is 28.4 Å². The van der Waals surface area contributed by atoms with Crippen molar-refractivity contribution in [3.63, 3.8) is 0 Å². The van der Waals surface area contributed by atoms with Gasteiger partial charge in [0.1, 0.15) is 17.3 Å². The molecule has 0 aliphatic heterocycles. The molecule has 0 amide bonds. The second-order valence-corrected chi connectivity index (χ2v) is 8.87. The zero-order chi connectivity index (χ0) is 20.1. The molecule has 0 unspecified atom stereocenters. The third-order valence-corrected chi connectivity index (χ3v) is 5.87. The predicted molar refractivity (Wildman–Crippen MR) is 110 cm³/mol. The van der Waals surface area contributed by atoms with Gasteiger partial charge in [-0.1, -0.05) is 32.9 Å². The standard InChI is InChI=1S/C24H26FNO2/c1-23(2,3)21-12-16-11-15(19(25)14-20(16)26-21)13-22(27)24(9-10-24)17-5-7-18(28-4)8-6-17/h5-8,11-12,14,26H,9-10,13H2,1-4H3. The highest BCUT2D eigenvalue weighted by molar-refractivity contribution is 5.95. The van der Waals surface area contributed by atoms with E-state index in [1.807, 2.05) is 30.3 Å². The third-order valence-electron chi connectivity index (χ3n) is 5.87. The number of halogens is 1. The van der Waals surface area contributed by atoms with Crippen molar-refractivity contribution in [2.45, 2.75) is 50.9 Å². The van der Waals surface area contributed by atoms with Crippen LogP contribution in [-0.4, -0.2) is 17.9 Å². The molecule has 4 heteroatoms. The van der Waals surface area contributed by atoms with Crippen molar-refractivity contribution in [1.82, 2.24) is 4.98 Å². The van der Waals surface area contributed by atoms with Crippen LogP contribution in [0.5, 0.6) is 5.75 Å². The highest BCUT2D eigenvalue weighted by Crippen LogP contribution is 2.50. The number of rotatable bonds is 5. The molecule has 0 radical (unpaired) electrons. The Bertz CT molecular complexity index is 1040. The van der Waals surface area contributed by atoms with E-state index < -0.39 is 5.41 Å². The Balaban J connectivity index is 1.62. The van der Waals surface area contributed by atoms with Gasteiger partial charge in [-0.05, 0) is 54.3 Å². The molecule has 0 spiro atoms. The topological polar surface area (TPSA) is 42.1 Å². The minimum absolute atomic E-state index is 0.0437. The van der Waals surface area contributed by atoms with Crippen LogP contribution >= 0.6 is 0 Å². The fourth-order valence-corrected chi connectivity index (χ4v) is 3.85. The first kappa shape index (κ1) is 18.7. The number of aromatic nitrogens is 1. The Kier molecular flexibility index (Phi) is 4.33. The number of aromatic amines is 1. The van der Waals surface area contributed by atoms with E-state index in [0.717, 1.165) is 40.8 Å². The van der Waals surface area contributed by atoms with E-state index in [2.05, 4.69) is 31.8 Å². The van der Waals surface area contributed by atoms with E-state index in [1.54, 1.807) is 7.11 Å². The number of benzene rings is 2. The highest BCUT2D eigenvalue weighted by atomic mass is 19.1. The van der Waals surface area contributed by atoms with Gasteiger partial charge in [0.05, 0.1) is 12.5 Å². The lowest BCUT2D eigenvalue weighted by atomic mass is 9.87. The molecule has 3 aromatic rings. The van der Waals surface area contributed by atoms with E-state index in [1.165, 1.54) is 6.07 Å². The maximum atomic E-state index is 14.7. The second-order valence-electron chi connectivity index (χ2n) is 8.87. The van der Waals surface area contributed by atoms with E-state index in [-0.39, 0.29) is 23.4 Å². The normalized spacial score (nSPS) is 15.6. The molecule has 1 aliphatic carbocycles. The van der Waals surface area contributed by atoms with Crippen LogP contribution < -0.4 is 4.74 Å². The van der Waals surface area contributed by atoms with Gasteiger partial charge < -0.3 is 9.72 Å². The Labute approximate surface area is 164 Å². The summed E-state index contributed by atoms with van der Waals surface area (Å²) in [4.78, 5) is 16.4. The Hall–Kier alpha value is -2.62. The van der Waals surface area contributed by atoms with Crippen molar-refractivity contribution in [2.24, 2.45) is 0 Å². The summed E-state index contributed by atoms with van der Waals surface area (Å²) in [6, 6.07) is 13.0. The molecule has 146 valence electrons. The van der Waals surface area contributed by atoms with Crippen molar-refractivity contribution in [1.29, 1.82) is 0 Å². The highest BCUT2D eigenvalue weighted by Gasteiger charge is 2.50. The van der Waals surface area contributed by atoms with Crippen LogP contribution in [0.15, 0.2) is 42.5 Å². The number of methoxy groups -OCH3 is 1. The number of ether oxygens (including phenoxy) is 1. The van der Waals surface area contributed by atoms with Crippen molar-refractivity contribution >= 4 is 16.7 Å². The van der Waals surface area contributed by atoms with E-state index >= 15 is 0 Å². The number of fused-ring (bicyclic) bond motifs is 1. The molecule has 1 saturated carbocycles. The van der Waals surface area contributed by atoms with Gasteiger partial charge in [0.25, 0.3) is 0 Å². The minimum atomic E-state index is -0.470. The van der Waals surface area contributed by atoms with E-state index in [4.69, 9.17) is 4.74 Å². The molecule has 1 aliphatic rings. The van der Waals surface area contributed by atoms with Gasteiger partial charge in [0.2, 0.25) is 0 Å². The number of H-pyrrole nitrogens is 1. The van der Waals surface area contributed by atoms with Gasteiger partial charge >= 0.3 is 0 Å². The second kappa shape index (κ2) is 6.47. The van der Waals surface area contributed by atoms with Crippen LogP contribution in [0.1, 0.15) is 50.4 Å². The van der Waals surface area contributed by atoms with Gasteiger partial charge in [0.15, 0.2) is 0 Å². The smallest absolute Gasteiger partial charge is 0.147 e. The average molecular weight is 379 g/mol. The minimum Gasteiger partial charge on any atom is -0.497 e. The summed E-state index contributed by atoms with van der Waals surface area (Å²) < 4.78 is 19.9. The molecule has 3 nitrogen and oxygen atoms in total. The summed E-state index contributed by atoms with van der Waals surface area (Å²) in [5.41, 5.74) is 2.78.